The highest BCUT2D eigenvalue weighted by Gasteiger charge is 2.57. The van der Waals surface area contributed by atoms with Crippen LogP contribution in [0.1, 0.15) is 39.5 Å². The van der Waals surface area contributed by atoms with Gasteiger partial charge in [-0.1, -0.05) is 0 Å². The van der Waals surface area contributed by atoms with Gasteiger partial charge in [-0.3, -0.25) is 4.79 Å². The van der Waals surface area contributed by atoms with Crippen molar-refractivity contribution >= 4 is 41.0 Å². The number of piperidine rings is 1. The Morgan fingerprint density at radius 1 is 1.46 bits per heavy atom. The van der Waals surface area contributed by atoms with E-state index in [1.165, 1.54) is 29.7 Å². The maximum Gasteiger partial charge on any atom is 0.266 e. The number of hydrogen-bond acceptors (Lipinski definition) is 5. The van der Waals surface area contributed by atoms with Gasteiger partial charge in [-0.15, -0.1) is 23.7 Å². The molecule has 2 aromatic rings. The van der Waals surface area contributed by atoms with E-state index in [2.05, 4.69) is 32.0 Å². The zero-order valence-electron chi connectivity index (χ0n) is 13.7. The van der Waals surface area contributed by atoms with E-state index in [4.69, 9.17) is 0 Å². The van der Waals surface area contributed by atoms with Crippen LogP contribution in [0.3, 0.4) is 0 Å². The fourth-order valence-corrected chi connectivity index (χ4v) is 5.13. The lowest BCUT2D eigenvalue weighted by Crippen LogP contribution is -2.38. The van der Waals surface area contributed by atoms with Crippen molar-refractivity contribution in [1.29, 1.82) is 0 Å². The second kappa shape index (κ2) is 7.12. The normalized spacial score (nSPS) is 21.3. The quantitative estimate of drug-likeness (QED) is 0.875. The molecule has 7 heteroatoms. The molecule has 2 aliphatic rings. The predicted molar refractivity (Wildman–Crippen MR) is 101 cm³/mol. The summed E-state index contributed by atoms with van der Waals surface area (Å²) in [6, 6.07) is 2.51. The third-order valence-electron chi connectivity index (χ3n) is 5.15. The summed E-state index contributed by atoms with van der Waals surface area (Å²) in [7, 11) is 0. The number of carbonyl (C=O) groups excluding carboxylic acids is 1. The van der Waals surface area contributed by atoms with Gasteiger partial charge in [0.15, 0.2) is 0 Å². The minimum absolute atomic E-state index is 0. The first-order valence-corrected chi connectivity index (χ1v) is 9.89. The van der Waals surface area contributed by atoms with E-state index in [-0.39, 0.29) is 18.3 Å². The van der Waals surface area contributed by atoms with Crippen molar-refractivity contribution in [3.05, 3.63) is 38.5 Å². The molecule has 1 unspecified atom stereocenters. The Morgan fingerprint density at radius 3 is 2.88 bits per heavy atom. The number of nitrogens with one attached hydrogen (secondary N) is 1. The van der Waals surface area contributed by atoms with E-state index >= 15 is 0 Å². The van der Waals surface area contributed by atoms with E-state index in [9.17, 15) is 4.79 Å². The highest BCUT2D eigenvalue weighted by atomic mass is 35.5. The highest BCUT2D eigenvalue weighted by Crippen LogP contribution is 2.56. The smallest absolute Gasteiger partial charge is 0.266 e. The summed E-state index contributed by atoms with van der Waals surface area (Å²) in [4.78, 5) is 20.2. The first-order valence-electron chi connectivity index (χ1n) is 8.13. The van der Waals surface area contributed by atoms with Crippen molar-refractivity contribution < 1.29 is 4.79 Å². The SMILES string of the molecule is Cc1ncc(C(=O)N(Cc2ccsc2)C2CC23CCNCC3)s1.Cl. The Labute approximate surface area is 156 Å². The second-order valence-electron chi connectivity index (χ2n) is 6.64. The molecule has 130 valence electrons. The zero-order valence-corrected chi connectivity index (χ0v) is 16.1. The van der Waals surface area contributed by atoms with E-state index in [0.29, 0.717) is 11.5 Å². The molecule has 1 atom stereocenters. The van der Waals surface area contributed by atoms with Gasteiger partial charge in [0.25, 0.3) is 5.91 Å². The summed E-state index contributed by atoms with van der Waals surface area (Å²) < 4.78 is 0. The Morgan fingerprint density at radius 2 is 2.25 bits per heavy atom. The summed E-state index contributed by atoms with van der Waals surface area (Å²) >= 11 is 3.20. The van der Waals surface area contributed by atoms with Gasteiger partial charge in [-0.05, 0) is 67.1 Å². The van der Waals surface area contributed by atoms with Crippen LogP contribution in [0.25, 0.3) is 0 Å². The third kappa shape index (κ3) is 3.38. The number of thiophene rings is 1. The van der Waals surface area contributed by atoms with Crippen LogP contribution in [-0.2, 0) is 6.54 Å². The molecule has 2 aromatic heterocycles. The molecule has 1 spiro atoms. The van der Waals surface area contributed by atoms with Crippen LogP contribution in [-0.4, -0.2) is 34.9 Å². The highest BCUT2D eigenvalue weighted by molar-refractivity contribution is 7.13. The van der Waals surface area contributed by atoms with E-state index in [0.717, 1.165) is 35.9 Å². The Bertz CT molecular complexity index is 695. The van der Waals surface area contributed by atoms with Crippen molar-refractivity contribution in [2.45, 2.75) is 38.8 Å². The maximum atomic E-state index is 13.1. The monoisotopic (exact) mass is 383 g/mol. The van der Waals surface area contributed by atoms with Crippen molar-refractivity contribution in [1.82, 2.24) is 15.2 Å². The molecule has 1 aliphatic carbocycles. The lowest BCUT2D eigenvalue weighted by atomic mass is 9.93. The van der Waals surface area contributed by atoms with Gasteiger partial charge in [0.05, 0.1) is 11.2 Å². The molecule has 1 aliphatic heterocycles. The van der Waals surface area contributed by atoms with Crippen LogP contribution < -0.4 is 5.32 Å². The lowest BCUT2D eigenvalue weighted by molar-refractivity contribution is 0.0697. The van der Waals surface area contributed by atoms with Gasteiger partial charge in [-0.2, -0.15) is 11.3 Å². The van der Waals surface area contributed by atoms with E-state index in [1.54, 1.807) is 17.5 Å². The maximum absolute atomic E-state index is 13.1. The van der Waals surface area contributed by atoms with E-state index < -0.39 is 0 Å². The van der Waals surface area contributed by atoms with Crippen LogP contribution in [0.15, 0.2) is 23.0 Å². The first-order chi connectivity index (χ1) is 11.2. The van der Waals surface area contributed by atoms with Crippen LogP contribution >= 0.6 is 35.1 Å². The van der Waals surface area contributed by atoms with Gasteiger partial charge in [0.1, 0.15) is 4.88 Å². The van der Waals surface area contributed by atoms with E-state index in [1.807, 2.05) is 6.92 Å². The largest absolute Gasteiger partial charge is 0.330 e. The molecule has 3 heterocycles. The predicted octanol–water partition coefficient (Wildman–Crippen LogP) is 3.72. The first kappa shape index (κ1) is 17.9. The summed E-state index contributed by atoms with van der Waals surface area (Å²) in [5, 5.41) is 8.63. The minimum Gasteiger partial charge on any atom is -0.330 e. The molecule has 1 N–H and O–H groups in total. The summed E-state index contributed by atoms with van der Waals surface area (Å²) in [6.45, 7) is 4.84. The Kier molecular flexibility index (Phi) is 5.30. The van der Waals surface area contributed by atoms with Gasteiger partial charge in [0, 0.05) is 12.6 Å². The number of rotatable bonds is 4. The second-order valence-corrected chi connectivity index (χ2v) is 8.66. The molecular weight excluding hydrogens is 362 g/mol. The molecular formula is C17H22ClN3OS2. The molecule has 0 aromatic carbocycles. The number of hydrogen-bond donors (Lipinski definition) is 1. The fraction of sp³-hybridized carbons (Fsp3) is 0.529. The number of aromatic nitrogens is 1. The molecule has 24 heavy (non-hydrogen) atoms. The summed E-state index contributed by atoms with van der Waals surface area (Å²) in [5.74, 6) is 0.155. The van der Waals surface area contributed by atoms with Crippen LogP contribution in [0.4, 0.5) is 0 Å². The molecule has 4 nitrogen and oxygen atoms in total. The number of carbonyl (C=O) groups is 1. The number of thiazole rings is 1. The summed E-state index contributed by atoms with van der Waals surface area (Å²) in [5.41, 5.74) is 1.59. The fourth-order valence-electron chi connectivity index (χ4n) is 3.73. The molecule has 1 saturated heterocycles. The number of aryl methyl sites for hydroxylation is 1. The Balaban J connectivity index is 0.00000169. The lowest BCUT2D eigenvalue weighted by Gasteiger charge is -2.29. The van der Waals surface area contributed by atoms with Gasteiger partial charge >= 0.3 is 0 Å². The molecule has 1 saturated carbocycles. The average molecular weight is 384 g/mol. The van der Waals surface area contributed by atoms with Gasteiger partial charge in [0.2, 0.25) is 0 Å². The molecule has 0 bridgehead atoms. The zero-order chi connectivity index (χ0) is 15.9. The number of nitrogens with zero attached hydrogens (tertiary/aromatic N) is 2. The van der Waals surface area contributed by atoms with Gasteiger partial charge < -0.3 is 10.2 Å². The Hall–Kier alpha value is -0.950. The molecule has 2 fully saturated rings. The average Bonchev–Trinajstić information content (AvgIpc) is 2.97. The van der Waals surface area contributed by atoms with Crippen LogP contribution in [0.5, 0.6) is 0 Å². The van der Waals surface area contributed by atoms with Crippen molar-refractivity contribution in [3.8, 4) is 0 Å². The molecule has 4 rings (SSSR count). The molecule has 0 radical (unpaired) electrons. The van der Waals surface area contributed by atoms with Crippen molar-refractivity contribution in [2.75, 3.05) is 13.1 Å². The summed E-state index contributed by atoms with van der Waals surface area (Å²) in [6.07, 6.45) is 5.27. The molecule has 1 amide bonds. The standard InChI is InChI=1S/C17H21N3OS2.ClH/c1-12-19-9-14(23-12)16(21)20(10-13-2-7-22-11-13)15-8-17(15)3-5-18-6-4-17;/h2,7,9,11,15,18H,3-6,8,10H2,1H3;1H. The third-order valence-corrected chi connectivity index (χ3v) is 6.78. The van der Waals surface area contributed by atoms with Crippen LogP contribution in [0, 0.1) is 12.3 Å². The minimum atomic E-state index is 0. The van der Waals surface area contributed by atoms with Gasteiger partial charge in [-0.25, -0.2) is 4.98 Å². The van der Waals surface area contributed by atoms with Crippen LogP contribution in [0.2, 0.25) is 0 Å². The number of amides is 1. The topological polar surface area (TPSA) is 45.2 Å². The number of halogens is 1. The van der Waals surface area contributed by atoms with Crippen molar-refractivity contribution in [3.63, 3.8) is 0 Å². The van der Waals surface area contributed by atoms with Crippen molar-refractivity contribution in [2.24, 2.45) is 5.41 Å².